The van der Waals surface area contributed by atoms with Crippen LogP contribution in [0, 0.1) is 5.41 Å². The number of nitrogens with zero attached hydrogens (tertiary/aromatic N) is 5. The molecule has 198 valence electrons. The summed E-state index contributed by atoms with van der Waals surface area (Å²) in [6, 6.07) is 11.7. The number of hydrogen-bond acceptors (Lipinski definition) is 8. The molecule has 1 amide bonds. The van der Waals surface area contributed by atoms with E-state index in [0.717, 1.165) is 5.82 Å². The summed E-state index contributed by atoms with van der Waals surface area (Å²) in [4.78, 5) is 28.8. The van der Waals surface area contributed by atoms with Crippen molar-refractivity contribution in [2.24, 2.45) is 5.73 Å². The third kappa shape index (κ3) is 5.22. The number of hydrogen-bond donors (Lipinski definition) is 3. The van der Waals surface area contributed by atoms with Gasteiger partial charge in [0.1, 0.15) is 23.2 Å². The van der Waals surface area contributed by atoms with E-state index in [4.69, 9.17) is 31.3 Å². The van der Waals surface area contributed by atoms with Gasteiger partial charge in [-0.05, 0) is 45.0 Å². The minimum Gasteiger partial charge on any atom is -0.437 e. The summed E-state index contributed by atoms with van der Waals surface area (Å²) in [5.74, 6) is 1.30. The standard InChI is InChI=1S/C27H32N8O3/c1-5-21-31-22-24(35(21)8-4)32-27(33-25(22)37-18-11-9-10-17(28)15-18)38-20-14-16(23(29)30)12-13-19(20)26(36)34(6-2)7-3/h9-15H,5-8,28H2,1-4H3,(H3,29,30). The number of carbonyl (C=O) groups is 1. The molecule has 0 bridgehead atoms. The molecule has 4 rings (SSSR count). The smallest absolute Gasteiger partial charge is 0.327 e. The van der Waals surface area contributed by atoms with E-state index in [1.165, 1.54) is 0 Å². The molecule has 2 aromatic heterocycles. The zero-order chi connectivity index (χ0) is 27.4. The van der Waals surface area contributed by atoms with Crippen molar-refractivity contribution in [3.63, 3.8) is 0 Å². The first kappa shape index (κ1) is 26.4. The lowest BCUT2D eigenvalue weighted by atomic mass is 10.1. The lowest BCUT2D eigenvalue weighted by molar-refractivity contribution is 0.0770. The van der Waals surface area contributed by atoms with Gasteiger partial charge in [0.2, 0.25) is 0 Å². The number of anilines is 1. The number of carbonyl (C=O) groups excluding carboxylic acids is 1. The number of amidine groups is 1. The number of nitrogens with two attached hydrogens (primary N) is 2. The fourth-order valence-corrected chi connectivity index (χ4v) is 4.14. The Morgan fingerprint density at radius 2 is 1.79 bits per heavy atom. The summed E-state index contributed by atoms with van der Waals surface area (Å²) in [6.45, 7) is 9.49. The molecule has 11 nitrogen and oxygen atoms in total. The number of fused-ring (bicyclic) bond motifs is 1. The van der Waals surface area contributed by atoms with Crippen LogP contribution >= 0.6 is 0 Å². The Labute approximate surface area is 220 Å². The van der Waals surface area contributed by atoms with Gasteiger partial charge in [0.25, 0.3) is 11.8 Å². The van der Waals surface area contributed by atoms with E-state index in [1.807, 2.05) is 32.3 Å². The fourth-order valence-electron chi connectivity index (χ4n) is 4.14. The first-order chi connectivity index (χ1) is 18.3. The van der Waals surface area contributed by atoms with Crippen LogP contribution in [-0.2, 0) is 13.0 Å². The monoisotopic (exact) mass is 516 g/mol. The predicted molar refractivity (Wildman–Crippen MR) is 146 cm³/mol. The summed E-state index contributed by atoms with van der Waals surface area (Å²) >= 11 is 0. The van der Waals surface area contributed by atoms with Gasteiger partial charge < -0.3 is 30.4 Å². The zero-order valence-corrected chi connectivity index (χ0v) is 22.0. The Morgan fingerprint density at radius 3 is 2.42 bits per heavy atom. The van der Waals surface area contributed by atoms with Gasteiger partial charge in [-0.3, -0.25) is 10.2 Å². The SMILES string of the molecule is CCc1nc2c(Oc3cccc(N)c3)nc(Oc3cc(C(=N)N)ccc3C(=O)N(CC)CC)nc2n1CC. The van der Waals surface area contributed by atoms with Crippen molar-refractivity contribution in [3.8, 4) is 23.4 Å². The maximum Gasteiger partial charge on any atom is 0.327 e. The maximum absolute atomic E-state index is 13.3. The van der Waals surface area contributed by atoms with Crippen LogP contribution in [0.1, 0.15) is 49.4 Å². The number of aromatic nitrogens is 4. The first-order valence-corrected chi connectivity index (χ1v) is 12.6. The van der Waals surface area contributed by atoms with Crippen LogP contribution in [0.5, 0.6) is 23.4 Å². The lowest BCUT2D eigenvalue weighted by Crippen LogP contribution is -2.30. The Morgan fingerprint density at radius 1 is 1.03 bits per heavy atom. The number of aryl methyl sites for hydroxylation is 2. The number of ether oxygens (including phenoxy) is 2. The van der Waals surface area contributed by atoms with Crippen LogP contribution < -0.4 is 20.9 Å². The van der Waals surface area contributed by atoms with E-state index >= 15 is 0 Å². The molecule has 0 saturated heterocycles. The molecule has 2 aromatic carbocycles. The Kier molecular flexibility index (Phi) is 7.75. The molecule has 0 atom stereocenters. The summed E-state index contributed by atoms with van der Waals surface area (Å²) in [5.41, 5.74) is 13.9. The molecular weight excluding hydrogens is 484 g/mol. The van der Waals surface area contributed by atoms with Gasteiger partial charge in [0.15, 0.2) is 11.2 Å². The molecule has 0 fully saturated rings. The quantitative estimate of drug-likeness (QED) is 0.159. The Hall–Kier alpha value is -4.67. The van der Waals surface area contributed by atoms with Gasteiger partial charge >= 0.3 is 6.01 Å². The largest absolute Gasteiger partial charge is 0.437 e. The van der Waals surface area contributed by atoms with Gasteiger partial charge in [-0.25, -0.2) is 4.98 Å². The van der Waals surface area contributed by atoms with Crippen molar-refractivity contribution in [1.82, 2.24) is 24.4 Å². The molecule has 0 aliphatic heterocycles. The highest BCUT2D eigenvalue weighted by Gasteiger charge is 2.23. The summed E-state index contributed by atoms with van der Waals surface area (Å²) in [5, 5.41) is 7.86. The van der Waals surface area contributed by atoms with Crippen LogP contribution in [0.3, 0.4) is 0 Å². The van der Waals surface area contributed by atoms with E-state index in [9.17, 15) is 4.79 Å². The van der Waals surface area contributed by atoms with E-state index in [2.05, 4.69) is 9.97 Å². The molecule has 0 saturated carbocycles. The van der Waals surface area contributed by atoms with Gasteiger partial charge in [0, 0.05) is 43.4 Å². The third-order valence-corrected chi connectivity index (χ3v) is 6.10. The van der Waals surface area contributed by atoms with Crippen LogP contribution in [0.4, 0.5) is 5.69 Å². The molecule has 0 radical (unpaired) electrons. The van der Waals surface area contributed by atoms with E-state index in [-0.39, 0.29) is 29.4 Å². The lowest BCUT2D eigenvalue weighted by Gasteiger charge is -2.20. The molecule has 0 spiro atoms. The highest BCUT2D eigenvalue weighted by Crippen LogP contribution is 2.33. The zero-order valence-electron chi connectivity index (χ0n) is 22.0. The molecule has 5 N–H and O–H groups in total. The van der Waals surface area contributed by atoms with Crippen molar-refractivity contribution in [2.75, 3.05) is 18.8 Å². The molecule has 4 aromatic rings. The van der Waals surface area contributed by atoms with Crippen LogP contribution in [0.15, 0.2) is 42.5 Å². The summed E-state index contributed by atoms with van der Waals surface area (Å²) < 4.78 is 14.2. The first-order valence-electron chi connectivity index (χ1n) is 12.6. The second-order valence-electron chi connectivity index (χ2n) is 8.49. The van der Waals surface area contributed by atoms with Gasteiger partial charge in [-0.1, -0.05) is 19.1 Å². The maximum atomic E-state index is 13.3. The summed E-state index contributed by atoms with van der Waals surface area (Å²) in [6.07, 6.45) is 0.682. The van der Waals surface area contributed by atoms with Crippen LogP contribution in [0.2, 0.25) is 0 Å². The van der Waals surface area contributed by atoms with Gasteiger partial charge in [0.05, 0.1) is 5.56 Å². The number of imidazole rings is 1. The minimum absolute atomic E-state index is 0.0389. The number of amides is 1. The number of benzene rings is 2. The molecular formula is C27H32N8O3. The van der Waals surface area contributed by atoms with E-state index in [0.29, 0.717) is 59.8 Å². The van der Waals surface area contributed by atoms with Crippen molar-refractivity contribution < 1.29 is 14.3 Å². The average Bonchev–Trinajstić information content (AvgIpc) is 3.27. The molecule has 2 heterocycles. The highest BCUT2D eigenvalue weighted by molar-refractivity contribution is 6.00. The second-order valence-corrected chi connectivity index (χ2v) is 8.49. The molecule has 11 heteroatoms. The van der Waals surface area contributed by atoms with Gasteiger partial charge in [-0.15, -0.1) is 0 Å². The average molecular weight is 517 g/mol. The number of rotatable bonds is 10. The predicted octanol–water partition coefficient (Wildman–Crippen LogP) is 4.34. The van der Waals surface area contributed by atoms with E-state index < -0.39 is 0 Å². The normalized spacial score (nSPS) is 10.9. The van der Waals surface area contributed by atoms with Crippen molar-refractivity contribution >= 4 is 28.6 Å². The molecule has 0 aliphatic carbocycles. The topological polar surface area (TPSA) is 158 Å². The van der Waals surface area contributed by atoms with Crippen molar-refractivity contribution in [1.29, 1.82) is 5.41 Å². The Balaban J connectivity index is 1.87. The number of nitrogens with one attached hydrogen (secondary N) is 1. The van der Waals surface area contributed by atoms with E-state index in [1.54, 1.807) is 47.4 Å². The number of nitrogen functional groups attached to an aromatic ring is 2. The van der Waals surface area contributed by atoms with Crippen LogP contribution in [0.25, 0.3) is 11.2 Å². The molecule has 0 aliphatic rings. The molecule has 38 heavy (non-hydrogen) atoms. The van der Waals surface area contributed by atoms with Crippen LogP contribution in [-0.4, -0.2) is 49.3 Å². The highest BCUT2D eigenvalue weighted by atomic mass is 16.5. The third-order valence-electron chi connectivity index (χ3n) is 6.10. The summed E-state index contributed by atoms with van der Waals surface area (Å²) in [7, 11) is 0. The van der Waals surface area contributed by atoms with Crippen molar-refractivity contribution in [2.45, 2.75) is 40.7 Å². The van der Waals surface area contributed by atoms with Crippen molar-refractivity contribution in [3.05, 3.63) is 59.4 Å². The second kappa shape index (κ2) is 11.2. The van der Waals surface area contributed by atoms with Gasteiger partial charge in [-0.2, -0.15) is 9.97 Å². The Bertz CT molecular complexity index is 1490. The molecule has 0 unspecified atom stereocenters. The fraction of sp³-hybridized carbons (Fsp3) is 0.296. The minimum atomic E-state index is -0.218.